The summed E-state index contributed by atoms with van der Waals surface area (Å²) in [5, 5.41) is 6.41. The Morgan fingerprint density at radius 1 is 1.47 bits per heavy atom. The number of hydrogen-bond donors (Lipinski definition) is 1. The molecule has 0 aliphatic rings. The van der Waals surface area contributed by atoms with Crippen molar-refractivity contribution in [3.8, 4) is 0 Å². The molecule has 0 saturated carbocycles. The number of aromatic nitrogens is 2. The molecule has 0 aliphatic carbocycles. The highest BCUT2D eigenvalue weighted by molar-refractivity contribution is 6.34. The molecule has 4 nitrogen and oxygen atoms in total. The lowest BCUT2D eigenvalue weighted by atomic mass is 10.3. The Hall–Kier alpha value is -1.95. The summed E-state index contributed by atoms with van der Waals surface area (Å²) < 4.78 is 27.6. The summed E-state index contributed by atoms with van der Waals surface area (Å²) in [6.45, 7) is 2.39. The molecular weight excluding hydrogens is 276 g/mol. The average Bonchev–Trinajstić information content (AvgIpc) is 2.74. The number of carbonyl (C=O) groups is 1. The van der Waals surface area contributed by atoms with E-state index in [-0.39, 0.29) is 16.4 Å². The van der Waals surface area contributed by atoms with Crippen LogP contribution in [0.5, 0.6) is 0 Å². The summed E-state index contributed by atoms with van der Waals surface area (Å²) in [5.41, 5.74) is -0.138. The number of halogens is 3. The van der Waals surface area contributed by atoms with Gasteiger partial charge in [0, 0.05) is 18.8 Å². The molecule has 0 unspecified atom stereocenters. The Bertz CT molecular complexity index is 627. The molecule has 1 amide bonds. The second-order valence-corrected chi connectivity index (χ2v) is 4.17. The van der Waals surface area contributed by atoms with Gasteiger partial charge in [-0.1, -0.05) is 11.6 Å². The lowest BCUT2D eigenvalue weighted by molar-refractivity contribution is 0.102. The van der Waals surface area contributed by atoms with E-state index in [0.29, 0.717) is 12.6 Å². The number of rotatable bonds is 3. The summed E-state index contributed by atoms with van der Waals surface area (Å²) in [6, 6.07) is 2.86. The third-order valence-electron chi connectivity index (χ3n) is 2.44. The van der Waals surface area contributed by atoms with Crippen LogP contribution >= 0.6 is 11.6 Å². The molecule has 0 bridgehead atoms. The predicted octanol–water partition coefficient (Wildman–Crippen LogP) is 3.09. The van der Waals surface area contributed by atoms with Crippen molar-refractivity contribution in [2.24, 2.45) is 0 Å². The molecule has 2 rings (SSSR count). The van der Waals surface area contributed by atoms with Crippen molar-refractivity contribution >= 4 is 23.2 Å². The molecule has 1 aromatic carbocycles. The zero-order valence-electron chi connectivity index (χ0n) is 9.95. The number of amides is 1. The highest BCUT2D eigenvalue weighted by Gasteiger charge is 2.17. The number of benzene rings is 1. The smallest absolute Gasteiger partial charge is 0.277 e. The molecule has 2 aromatic rings. The fourth-order valence-corrected chi connectivity index (χ4v) is 1.72. The van der Waals surface area contributed by atoms with Crippen LogP contribution in [0.4, 0.5) is 14.5 Å². The van der Waals surface area contributed by atoms with Gasteiger partial charge < -0.3 is 5.32 Å². The predicted molar refractivity (Wildman–Crippen MR) is 67.2 cm³/mol. The molecule has 0 aliphatic heterocycles. The first kappa shape index (κ1) is 13.5. The standard InChI is InChI=1S/C12H10ClF2N3O/c1-2-18-6-8(13)11(17-18)12(19)16-10-4-3-7(14)5-9(10)15/h3-6H,2H2,1H3,(H,16,19). The van der Waals surface area contributed by atoms with E-state index < -0.39 is 17.5 Å². The van der Waals surface area contributed by atoms with Crippen molar-refractivity contribution in [3.63, 3.8) is 0 Å². The summed E-state index contributed by atoms with van der Waals surface area (Å²) in [4.78, 5) is 11.9. The minimum Gasteiger partial charge on any atom is -0.318 e. The fraction of sp³-hybridized carbons (Fsp3) is 0.167. The van der Waals surface area contributed by atoms with E-state index in [2.05, 4.69) is 10.4 Å². The topological polar surface area (TPSA) is 46.9 Å². The molecule has 0 spiro atoms. The van der Waals surface area contributed by atoms with Crippen LogP contribution in [-0.4, -0.2) is 15.7 Å². The Labute approximate surface area is 113 Å². The lowest BCUT2D eigenvalue weighted by Gasteiger charge is -2.04. The van der Waals surface area contributed by atoms with Gasteiger partial charge in [0.1, 0.15) is 11.6 Å². The maximum absolute atomic E-state index is 13.4. The lowest BCUT2D eigenvalue weighted by Crippen LogP contribution is -2.14. The first-order valence-corrected chi connectivity index (χ1v) is 5.88. The van der Waals surface area contributed by atoms with Crippen molar-refractivity contribution in [1.82, 2.24) is 9.78 Å². The number of aryl methyl sites for hydroxylation is 1. The number of hydrogen-bond acceptors (Lipinski definition) is 2. The van der Waals surface area contributed by atoms with Gasteiger partial charge in [-0.3, -0.25) is 9.48 Å². The third kappa shape index (κ3) is 2.90. The van der Waals surface area contributed by atoms with E-state index in [1.165, 1.54) is 10.9 Å². The Balaban J connectivity index is 2.23. The molecule has 7 heteroatoms. The van der Waals surface area contributed by atoms with Gasteiger partial charge in [0.05, 0.1) is 10.7 Å². The number of anilines is 1. The number of carbonyl (C=O) groups excluding carboxylic acids is 1. The maximum Gasteiger partial charge on any atom is 0.277 e. The average molecular weight is 286 g/mol. The third-order valence-corrected chi connectivity index (χ3v) is 2.71. The molecule has 1 N–H and O–H groups in total. The molecule has 0 atom stereocenters. The van der Waals surface area contributed by atoms with Gasteiger partial charge in [-0.15, -0.1) is 0 Å². The van der Waals surface area contributed by atoms with Gasteiger partial charge in [-0.2, -0.15) is 5.10 Å². The first-order valence-electron chi connectivity index (χ1n) is 5.50. The van der Waals surface area contributed by atoms with Crippen LogP contribution in [0.1, 0.15) is 17.4 Å². The van der Waals surface area contributed by atoms with Crippen LogP contribution in [0.2, 0.25) is 5.02 Å². The van der Waals surface area contributed by atoms with E-state index in [0.717, 1.165) is 12.1 Å². The van der Waals surface area contributed by atoms with Gasteiger partial charge in [0.2, 0.25) is 0 Å². The SMILES string of the molecule is CCn1cc(Cl)c(C(=O)Nc2ccc(F)cc2F)n1. The number of nitrogens with one attached hydrogen (secondary N) is 1. The highest BCUT2D eigenvalue weighted by Crippen LogP contribution is 2.19. The Morgan fingerprint density at radius 3 is 2.79 bits per heavy atom. The zero-order chi connectivity index (χ0) is 14.0. The maximum atomic E-state index is 13.4. The van der Waals surface area contributed by atoms with Crippen molar-refractivity contribution in [2.45, 2.75) is 13.5 Å². The van der Waals surface area contributed by atoms with Gasteiger partial charge in [-0.25, -0.2) is 8.78 Å². The summed E-state index contributed by atoms with van der Waals surface area (Å²) in [6.07, 6.45) is 1.50. The quantitative estimate of drug-likeness (QED) is 0.942. The van der Waals surface area contributed by atoms with E-state index in [1.54, 1.807) is 0 Å². The zero-order valence-corrected chi connectivity index (χ0v) is 10.7. The fourth-order valence-electron chi connectivity index (χ4n) is 1.49. The Morgan fingerprint density at radius 2 is 2.21 bits per heavy atom. The summed E-state index contributed by atoms with van der Waals surface area (Å²) in [5.74, 6) is -2.23. The molecule has 1 aromatic heterocycles. The minimum absolute atomic E-state index is 0.00718. The van der Waals surface area contributed by atoms with Gasteiger partial charge in [0.15, 0.2) is 5.69 Å². The first-order chi connectivity index (χ1) is 9.01. The van der Waals surface area contributed by atoms with Crippen LogP contribution < -0.4 is 5.32 Å². The second kappa shape index (κ2) is 5.36. The minimum atomic E-state index is -0.862. The molecule has 1 heterocycles. The van der Waals surface area contributed by atoms with Crippen LogP contribution in [0.3, 0.4) is 0 Å². The molecule has 0 saturated heterocycles. The van der Waals surface area contributed by atoms with Crippen molar-refractivity contribution in [3.05, 3.63) is 46.7 Å². The van der Waals surface area contributed by atoms with E-state index in [9.17, 15) is 13.6 Å². The van der Waals surface area contributed by atoms with Crippen molar-refractivity contribution in [1.29, 1.82) is 0 Å². The van der Waals surface area contributed by atoms with E-state index in [4.69, 9.17) is 11.6 Å². The van der Waals surface area contributed by atoms with Gasteiger partial charge in [-0.05, 0) is 19.1 Å². The van der Waals surface area contributed by atoms with E-state index in [1.807, 2.05) is 6.92 Å². The molecular formula is C12H10ClF2N3O. The molecule has 0 radical (unpaired) electrons. The molecule has 100 valence electrons. The summed E-state index contributed by atoms with van der Waals surface area (Å²) >= 11 is 5.85. The van der Waals surface area contributed by atoms with Crippen molar-refractivity contribution in [2.75, 3.05) is 5.32 Å². The Kier molecular flexibility index (Phi) is 3.80. The summed E-state index contributed by atoms with van der Waals surface area (Å²) in [7, 11) is 0. The second-order valence-electron chi connectivity index (χ2n) is 3.76. The van der Waals surface area contributed by atoms with Crippen LogP contribution in [0, 0.1) is 11.6 Å². The normalized spacial score (nSPS) is 10.5. The van der Waals surface area contributed by atoms with E-state index >= 15 is 0 Å². The monoisotopic (exact) mass is 285 g/mol. The van der Waals surface area contributed by atoms with Crippen molar-refractivity contribution < 1.29 is 13.6 Å². The largest absolute Gasteiger partial charge is 0.318 e. The highest BCUT2D eigenvalue weighted by atomic mass is 35.5. The molecule has 19 heavy (non-hydrogen) atoms. The van der Waals surface area contributed by atoms with Crippen LogP contribution in [0.25, 0.3) is 0 Å². The van der Waals surface area contributed by atoms with Crippen LogP contribution in [-0.2, 0) is 6.54 Å². The number of nitrogens with zero attached hydrogens (tertiary/aromatic N) is 2. The molecule has 0 fully saturated rings. The van der Waals surface area contributed by atoms with Gasteiger partial charge >= 0.3 is 0 Å². The van der Waals surface area contributed by atoms with Crippen LogP contribution in [0.15, 0.2) is 24.4 Å². The van der Waals surface area contributed by atoms with Gasteiger partial charge in [0.25, 0.3) is 5.91 Å².